The van der Waals surface area contributed by atoms with Crippen molar-refractivity contribution in [3.8, 4) is 0 Å². The molecule has 0 saturated carbocycles. The van der Waals surface area contributed by atoms with Crippen molar-refractivity contribution in [3.05, 3.63) is 85.0 Å². The summed E-state index contributed by atoms with van der Waals surface area (Å²) in [6.07, 6.45) is 7.48. The van der Waals surface area contributed by atoms with E-state index in [0.717, 1.165) is 0 Å². The van der Waals surface area contributed by atoms with Crippen LogP contribution < -0.4 is 10.4 Å². The third kappa shape index (κ3) is 4.57. The summed E-state index contributed by atoms with van der Waals surface area (Å²) >= 11 is 0. The first-order chi connectivity index (χ1) is 12.0. The molecule has 0 atom stereocenters. The van der Waals surface area contributed by atoms with Crippen LogP contribution in [0.25, 0.3) is 0 Å². The summed E-state index contributed by atoms with van der Waals surface area (Å²) in [5, 5.41) is 11.4. The van der Waals surface area contributed by atoms with Gasteiger partial charge in [0.2, 0.25) is 0 Å². The van der Waals surface area contributed by atoms with Crippen molar-refractivity contribution >= 4 is 18.7 Å². The summed E-state index contributed by atoms with van der Waals surface area (Å²) in [6, 6.07) is 21.2. The lowest BCUT2D eigenvalue weighted by molar-refractivity contribution is 0.339. The molecule has 0 aliphatic carbocycles. The van der Waals surface area contributed by atoms with Crippen LogP contribution in [0.15, 0.2) is 85.0 Å². The van der Waals surface area contributed by atoms with E-state index < -0.39 is 8.32 Å². The predicted octanol–water partition coefficient (Wildman–Crippen LogP) is 3.67. The Morgan fingerprint density at radius 2 is 1.32 bits per heavy atom. The second-order valence-electron chi connectivity index (χ2n) is 7.01. The van der Waals surface area contributed by atoms with Crippen molar-refractivity contribution in [2.75, 3.05) is 13.2 Å². The second kappa shape index (κ2) is 8.95. The largest absolute Gasteiger partial charge is 0.404 e. The van der Waals surface area contributed by atoms with Crippen molar-refractivity contribution in [2.45, 2.75) is 25.8 Å². The molecule has 0 radical (unpaired) electrons. The lowest BCUT2D eigenvalue weighted by atomic mass is 10.2. The summed E-state index contributed by atoms with van der Waals surface area (Å²) in [6.45, 7) is 7.42. The van der Waals surface area contributed by atoms with Crippen molar-refractivity contribution in [1.82, 2.24) is 0 Å². The maximum absolute atomic E-state index is 8.81. The van der Waals surface area contributed by atoms with Gasteiger partial charge in [0.1, 0.15) is 0 Å². The van der Waals surface area contributed by atoms with E-state index >= 15 is 0 Å². The molecule has 0 amide bonds. The molecule has 3 heteroatoms. The molecule has 1 N–H and O–H groups in total. The van der Waals surface area contributed by atoms with Crippen LogP contribution in [0.4, 0.5) is 0 Å². The van der Waals surface area contributed by atoms with Crippen LogP contribution in [0.3, 0.4) is 0 Å². The SMILES string of the molecule is CC(C)(C)[Si](OCC=CC=CCO)(c1ccccc1)c1ccccc1. The molecule has 2 aromatic carbocycles. The molecule has 0 unspecified atom stereocenters. The van der Waals surface area contributed by atoms with Gasteiger partial charge in [0.05, 0.1) is 13.2 Å². The molecular formula is C22H28O2Si. The quantitative estimate of drug-likeness (QED) is 0.609. The number of hydrogen-bond donors (Lipinski definition) is 1. The van der Waals surface area contributed by atoms with Gasteiger partial charge in [0.25, 0.3) is 8.32 Å². The van der Waals surface area contributed by atoms with Crippen LogP contribution in [0.1, 0.15) is 20.8 Å². The molecule has 0 fully saturated rings. The minimum atomic E-state index is -2.44. The summed E-state index contributed by atoms with van der Waals surface area (Å²) < 4.78 is 6.70. The van der Waals surface area contributed by atoms with Gasteiger partial charge < -0.3 is 9.53 Å². The number of aliphatic hydroxyl groups excluding tert-OH is 1. The highest BCUT2D eigenvalue weighted by Crippen LogP contribution is 2.36. The van der Waals surface area contributed by atoms with Gasteiger partial charge in [-0.2, -0.15) is 0 Å². The van der Waals surface area contributed by atoms with Crippen LogP contribution in [0, 0.1) is 0 Å². The number of aliphatic hydroxyl groups is 1. The van der Waals surface area contributed by atoms with Crippen molar-refractivity contribution in [3.63, 3.8) is 0 Å². The molecule has 0 aromatic heterocycles. The Balaban J connectivity index is 2.46. The maximum Gasteiger partial charge on any atom is 0.261 e. The number of benzene rings is 2. The smallest absolute Gasteiger partial charge is 0.261 e. The van der Waals surface area contributed by atoms with Gasteiger partial charge in [-0.05, 0) is 15.4 Å². The first kappa shape index (κ1) is 19.4. The number of allylic oxidation sites excluding steroid dienone is 2. The van der Waals surface area contributed by atoms with E-state index in [4.69, 9.17) is 9.53 Å². The monoisotopic (exact) mass is 352 g/mol. The average molecular weight is 353 g/mol. The third-order valence-electron chi connectivity index (χ3n) is 4.30. The zero-order chi connectivity index (χ0) is 18.2. The van der Waals surface area contributed by atoms with Gasteiger partial charge >= 0.3 is 0 Å². The Hall–Kier alpha value is -1.94. The maximum atomic E-state index is 8.81. The molecule has 0 saturated heterocycles. The highest BCUT2D eigenvalue weighted by molar-refractivity contribution is 6.99. The Morgan fingerprint density at radius 1 is 0.840 bits per heavy atom. The minimum Gasteiger partial charge on any atom is -0.404 e. The molecule has 2 aromatic rings. The zero-order valence-electron chi connectivity index (χ0n) is 15.4. The average Bonchev–Trinajstić information content (AvgIpc) is 2.62. The molecule has 2 rings (SSSR count). The van der Waals surface area contributed by atoms with Gasteiger partial charge in [0.15, 0.2) is 0 Å². The molecule has 0 aliphatic heterocycles. The van der Waals surface area contributed by atoms with E-state index in [0.29, 0.717) is 6.61 Å². The van der Waals surface area contributed by atoms with Crippen LogP contribution in [0.2, 0.25) is 5.04 Å². The number of hydrogen-bond acceptors (Lipinski definition) is 2. The van der Waals surface area contributed by atoms with E-state index in [1.165, 1.54) is 10.4 Å². The fourth-order valence-electron chi connectivity index (χ4n) is 3.21. The first-order valence-electron chi connectivity index (χ1n) is 8.70. The molecule has 0 aliphatic rings. The Bertz CT molecular complexity index is 645. The van der Waals surface area contributed by atoms with Crippen LogP contribution >= 0.6 is 0 Å². The van der Waals surface area contributed by atoms with Crippen LogP contribution in [0.5, 0.6) is 0 Å². The summed E-state index contributed by atoms with van der Waals surface area (Å²) in [4.78, 5) is 0. The molecule has 0 heterocycles. The lowest BCUT2D eigenvalue weighted by Crippen LogP contribution is -2.66. The van der Waals surface area contributed by atoms with Crippen LogP contribution in [-0.4, -0.2) is 26.6 Å². The second-order valence-corrected chi connectivity index (χ2v) is 11.3. The minimum absolute atomic E-state index is 0.00944. The molecule has 0 spiro atoms. The topological polar surface area (TPSA) is 29.5 Å². The summed E-state index contributed by atoms with van der Waals surface area (Å²) in [5.41, 5.74) is 0. The summed E-state index contributed by atoms with van der Waals surface area (Å²) in [7, 11) is -2.44. The molecule has 132 valence electrons. The van der Waals surface area contributed by atoms with E-state index in [2.05, 4.69) is 81.4 Å². The van der Waals surface area contributed by atoms with Crippen molar-refractivity contribution in [1.29, 1.82) is 0 Å². The molecular weight excluding hydrogens is 324 g/mol. The van der Waals surface area contributed by atoms with Gasteiger partial charge in [-0.15, -0.1) is 0 Å². The van der Waals surface area contributed by atoms with E-state index in [-0.39, 0.29) is 11.6 Å². The van der Waals surface area contributed by atoms with Crippen molar-refractivity contribution in [2.24, 2.45) is 0 Å². The molecule has 0 bridgehead atoms. The predicted molar refractivity (Wildman–Crippen MR) is 109 cm³/mol. The highest BCUT2D eigenvalue weighted by Gasteiger charge is 2.49. The molecule has 25 heavy (non-hydrogen) atoms. The Kier molecular flexibility index (Phi) is 6.94. The third-order valence-corrected chi connectivity index (χ3v) is 9.31. The van der Waals surface area contributed by atoms with Gasteiger partial charge in [-0.3, -0.25) is 0 Å². The van der Waals surface area contributed by atoms with Crippen molar-refractivity contribution < 1.29 is 9.53 Å². The van der Waals surface area contributed by atoms with Gasteiger partial charge in [-0.25, -0.2) is 0 Å². The van der Waals surface area contributed by atoms with Gasteiger partial charge in [-0.1, -0.05) is 106 Å². The Labute approximate surface area is 152 Å². The fourth-order valence-corrected chi connectivity index (χ4v) is 7.71. The normalized spacial score (nSPS) is 13.0. The fraction of sp³-hybridized carbons (Fsp3) is 0.273. The molecule has 2 nitrogen and oxygen atoms in total. The zero-order valence-corrected chi connectivity index (χ0v) is 16.4. The highest BCUT2D eigenvalue weighted by atomic mass is 28.4. The number of rotatable bonds is 7. The van der Waals surface area contributed by atoms with E-state index in [1.54, 1.807) is 6.08 Å². The standard InChI is InChI=1S/C22H28O2Si/c1-22(2,3)25(20-14-8-6-9-15-20,21-16-10-7-11-17-21)24-19-13-5-4-12-18-23/h4-17,23H,18-19H2,1-3H3. The van der Waals surface area contributed by atoms with Crippen LogP contribution in [-0.2, 0) is 4.43 Å². The lowest BCUT2D eigenvalue weighted by Gasteiger charge is -2.42. The van der Waals surface area contributed by atoms with E-state index in [9.17, 15) is 0 Å². The summed E-state index contributed by atoms with van der Waals surface area (Å²) in [5.74, 6) is 0. The first-order valence-corrected chi connectivity index (χ1v) is 10.6. The van der Waals surface area contributed by atoms with Gasteiger partial charge in [0, 0.05) is 0 Å². The van der Waals surface area contributed by atoms with E-state index in [1.807, 2.05) is 18.2 Å². The Morgan fingerprint density at radius 3 is 1.76 bits per heavy atom.